The van der Waals surface area contributed by atoms with Crippen LogP contribution in [0.1, 0.15) is 52.7 Å². The van der Waals surface area contributed by atoms with Gasteiger partial charge in [0.2, 0.25) is 0 Å². The van der Waals surface area contributed by atoms with Crippen LogP contribution in [-0.4, -0.2) is 10.6 Å². The van der Waals surface area contributed by atoms with E-state index in [1.165, 1.54) is 11.1 Å². The van der Waals surface area contributed by atoms with E-state index in [4.69, 9.17) is 5.73 Å². The molecule has 0 unspecified atom stereocenters. The molecule has 1 heterocycles. The predicted molar refractivity (Wildman–Crippen MR) is 127 cm³/mol. The lowest BCUT2D eigenvalue weighted by Crippen LogP contribution is -2.19. The summed E-state index contributed by atoms with van der Waals surface area (Å²) in [6.07, 6.45) is 0. The number of nitrogens with two attached hydrogens (primary N) is 1. The molecule has 0 aliphatic carbocycles. The van der Waals surface area contributed by atoms with Gasteiger partial charge in [0, 0.05) is 16.3 Å². The van der Waals surface area contributed by atoms with Crippen molar-refractivity contribution in [3.8, 4) is 11.1 Å². The summed E-state index contributed by atoms with van der Waals surface area (Å²) >= 11 is 0. The summed E-state index contributed by atoms with van der Waals surface area (Å²) in [5.74, 6) is 0. The van der Waals surface area contributed by atoms with Crippen molar-refractivity contribution in [2.24, 2.45) is 5.73 Å². The minimum Gasteiger partial charge on any atom is -0.351 e. The van der Waals surface area contributed by atoms with Gasteiger partial charge in [-0.25, -0.2) is 4.79 Å². The monoisotopic (exact) mass is 398 g/mol. The van der Waals surface area contributed by atoms with Crippen molar-refractivity contribution in [3.63, 3.8) is 0 Å². The zero-order valence-electron chi connectivity index (χ0n) is 18.7. The van der Waals surface area contributed by atoms with Crippen molar-refractivity contribution < 1.29 is 4.79 Å². The highest BCUT2D eigenvalue weighted by atomic mass is 16.2. The number of amides is 1. The largest absolute Gasteiger partial charge is 0.351 e. The summed E-state index contributed by atoms with van der Waals surface area (Å²) in [5.41, 5.74) is 12.3. The van der Waals surface area contributed by atoms with Crippen molar-refractivity contribution >= 4 is 27.8 Å². The molecule has 1 aromatic heterocycles. The molecule has 2 N–H and O–H groups in total. The first-order chi connectivity index (χ1) is 14.0. The number of aromatic nitrogens is 1. The second-order valence-corrected chi connectivity index (χ2v) is 10.2. The molecule has 0 radical (unpaired) electrons. The lowest BCUT2D eigenvalue weighted by molar-refractivity contribution is 0.252. The highest BCUT2D eigenvalue weighted by Crippen LogP contribution is 2.39. The van der Waals surface area contributed by atoms with E-state index < -0.39 is 6.03 Å². The molecule has 0 spiro atoms. The standard InChI is InChI=1S/C27H30N2O/c1-26(2,3)18-14-17(15-19(16-18)27(4,5)6)20-11-9-12-22-21-10-7-8-13-23(21)29(24(20)22)25(28)30/h7-16H,1-6H3,(H2,28,30). The van der Waals surface area contributed by atoms with Gasteiger partial charge in [-0.1, -0.05) is 96.1 Å². The van der Waals surface area contributed by atoms with Gasteiger partial charge in [-0.2, -0.15) is 0 Å². The molecular formula is C27H30N2O. The molecule has 154 valence electrons. The van der Waals surface area contributed by atoms with Crippen molar-refractivity contribution in [2.45, 2.75) is 52.4 Å². The van der Waals surface area contributed by atoms with Gasteiger partial charge in [-0.3, -0.25) is 4.57 Å². The highest BCUT2D eigenvalue weighted by Gasteiger charge is 2.23. The molecule has 0 atom stereocenters. The van der Waals surface area contributed by atoms with Crippen LogP contribution in [-0.2, 0) is 10.8 Å². The first kappa shape index (κ1) is 20.2. The summed E-state index contributed by atoms with van der Waals surface area (Å²) < 4.78 is 1.65. The molecule has 3 nitrogen and oxygen atoms in total. The molecule has 0 bridgehead atoms. The Bertz CT molecular complexity index is 1250. The Hall–Kier alpha value is -3.07. The maximum Gasteiger partial charge on any atom is 0.323 e. The van der Waals surface area contributed by atoms with E-state index in [2.05, 4.69) is 77.9 Å². The summed E-state index contributed by atoms with van der Waals surface area (Å²) in [4.78, 5) is 12.5. The molecule has 4 rings (SSSR count). The van der Waals surface area contributed by atoms with E-state index in [9.17, 15) is 4.79 Å². The number of nitrogens with zero attached hydrogens (tertiary/aromatic N) is 1. The summed E-state index contributed by atoms with van der Waals surface area (Å²) in [6.45, 7) is 13.4. The van der Waals surface area contributed by atoms with Gasteiger partial charge < -0.3 is 5.73 Å². The van der Waals surface area contributed by atoms with Gasteiger partial charge in [-0.05, 0) is 33.6 Å². The third-order valence-corrected chi connectivity index (χ3v) is 5.89. The summed E-state index contributed by atoms with van der Waals surface area (Å²) in [7, 11) is 0. The van der Waals surface area contributed by atoms with E-state index in [0.717, 1.165) is 32.9 Å². The van der Waals surface area contributed by atoms with Crippen LogP contribution in [0.2, 0.25) is 0 Å². The lowest BCUT2D eigenvalue weighted by Gasteiger charge is -2.26. The van der Waals surface area contributed by atoms with Crippen LogP contribution >= 0.6 is 0 Å². The number of hydrogen-bond acceptors (Lipinski definition) is 1. The van der Waals surface area contributed by atoms with Crippen LogP contribution in [0, 0.1) is 0 Å². The summed E-state index contributed by atoms with van der Waals surface area (Å²) in [5, 5.41) is 2.08. The second kappa shape index (κ2) is 6.73. The molecule has 0 fully saturated rings. The number of primary amides is 1. The maximum absolute atomic E-state index is 12.5. The SMILES string of the molecule is CC(C)(C)c1cc(-c2cccc3c4ccccc4n(C(N)=O)c23)cc(C(C)(C)C)c1. The molecule has 4 aromatic rings. The minimum atomic E-state index is -0.461. The van der Waals surface area contributed by atoms with Crippen LogP contribution < -0.4 is 5.73 Å². The molecule has 30 heavy (non-hydrogen) atoms. The number of para-hydroxylation sites is 2. The topological polar surface area (TPSA) is 48.0 Å². The molecule has 1 amide bonds. The average molecular weight is 399 g/mol. The smallest absolute Gasteiger partial charge is 0.323 e. The number of hydrogen-bond donors (Lipinski definition) is 1. The quantitative estimate of drug-likeness (QED) is 0.369. The van der Waals surface area contributed by atoms with Crippen molar-refractivity contribution in [3.05, 3.63) is 71.8 Å². The second-order valence-electron chi connectivity index (χ2n) is 10.2. The molecule has 0 aliphatic heterocycles. The Morgan fingerprint density at radius 3 is 1.90 bits per heavy atom. The first-order valence-corrected chi connectivity index (χ1v) is 10.5. The Morgan fingerprint density at radius 2 is 1.33 bits per heavy atom. The number of fused-ring (bicyclic) bond motifs is 3. The minimum absolute atomic E-state index is 0.0142. The van der Waals surface area contributed by atoms with E-state index in [-0.39, 0.29) is 10.8 Å². The average Bonchev–Trinajstić information content (AvgIpc) is 3.01. The maximum atomic E-state index is 12.5. The third-order valence-electron chi connectivity index (χ3n) is 5.89. The fraction of sp³-hybridized carbons (Fsp3) is 0.296. The fourth-order valence-electron chi connectivity index (χ4n) is 4.13. The zero-order chi connectivity index (χ0) is 21.8. The number of rotatable bonds is 1. The molecular weight excluding hydrogens is 368 g/mol. The zero-order valence-corrected chi connectivity index (χ0v) is 18.7. The Morgan fingerprint density at radius 1 is 0.767 bits per heavy atom. The van der Waals surface area contributed by atoms with Crippen LogP contribution in [0.5, 0.6) is 0 Å². The Balaban J connectivity index is 2.14. The third kappa shape index (κ3) is 3.28. The van der Waals surface area contributed by atoms with Crippen LogP contribution in [0.15, 0.2) is 60.7 Å². The molecule has 0 saturated carbocycles. The van der Waals surface area contributed by atoms with Gasteiger partial charge in [0.05, 0.1) is 11.0 Å². The molecule has 3 heteroatoms. The van der Waals surface area contributed by atoms with E-state index in [1.807, 2.05) is 24.3 Å². The normalized spacial score (nSPS) is 12.6. The van der Waals surface area contributed by atoms with Crippen LogP contribution in [0.3, 0.4) is 0 Å². The van der Waals surface area contributed by atoms with Gasteiger partial charge in [0.25, 0.3) is 0 Å². The summed E-state index contributed by atoms with van der Waals surface area (Å²) in [6, 6.07) is 20.5. The van der Waals surface area contributed by atoms with Gasteiger partial charge in [0.15, 0.2) is 0 Å². The predicted octanol–water partition coefficient (Wildman–Crippen LogP) is 6.98. The lowest BCUT2D eigenvalue weighted by atomic mass is 9.79. The Kier molecular flexibility index (Phi) is 4.54. The van der Waals surface area contributed by atoms with E-state index >= 15 is 0 Å². The Labute approximate surface area is 178 Å². The number of carbonyl (C=O) groups excluding carboxylic acids is 1. The van der Waals surface area contributed by atoms with Gasteiger partial charge in [0.1, 0.15) is 0 Å². The van der Waals surface area contributed by atoms with Crippen LogP contribution in [0.4, 0.5) is 4.79 Å². The van der Waals surface area contributed by atoms with E-state index in [1.54, 1.807) is 4.57 Å². The van der Waals surface area contributed by atoms with Gasteiger partial charge >= 0.3 is 6.03 Å². The number of benzene rings is 3. The van der Waals surface area contributed by atoms with Crippen molar-refractivity contribution in [1.29, 1.82) is 0 Å². The van der Waals surface area contributed by atoms with Crippen molar-refractivity contribution in [2.75, 3.05) is 0 Å². The van der Waals surface area contributed by atoms with Crippen molar-refractivity contribution in [1.82, 2.24) is 4.57 Å². The molecule has 3 aromatic carbocycles. The van der Waals surface area contributed by atoms with Crippen LogP contribution in [0.25, 0.3) is 32.9 Å². The molecule has 0 saturated heterocycles. The number of carbonyl (C=O) groups is 1. The van der Waals surface area contributed by atoms with E-state index in [0.29, 0.717) is 0 Å². The first-order valence-electron chi connectivity index (χ1n) is 10.5. The molecule has 0 aliphatic rings. The van der Waals surface area contributed by atoms with Gasteiger partial charge in [-0.15, -0.1) is 0 Å². The fourth-order valence-corrected chi connectivity index (χ4v) is 4.13. The highest BCUT2D eigenvalue weighted by molar-refractivity contribution is 6.16.